The summed E-state index contributed by atoms with van der Waals surface area (Å²) < 4.78 is 0.966. The fourth-order valence-electron chi connectivity index (χ4n) is 2.85. The van der Waals surface area contributed by atoms with E-state index in [1.807, 2.05) is 6.07 Å². The van der Waals surface area contributed by atoms with E-state index in [1.54, 1.807) is 12.4 Å². The first-order chi connectivity index (χ1) is 9.75. The van der Waals surface area contributed by atoms with E-state index in [1.165, 1.54) is 43.4 Å². The van der Waals surface area contributed by atoms with Crippen LogP contribution in [0.5, 0.6) is 0 Å². The Morgan fingerprint density at radius 2 is 2.20 bits per heavy atom. The minimum atomic E-state index is -0.0470. The molecule has 5 heteroatoms. The van der Waals surface area contributed by atoms with Gasteiger partial charge >= 0.3 is 0 Å². The molecule has 0 unspecified atom stereocenters. The van der Waals surface area contributed by atoms with E-state index < -0.39 is 0 Å². The number of rotatable bonds is 3. The van der Waals surface area contributed by atoms with Crippen LogP contribution in [0.4, 0.5) is 5.69 Å². The first kappa shape index (κ1) is 13.4. The molecule has 2 aromatic heterocycles. The molecule has 0 radical (unpaired) electrons. The normalized spacial score (nSPS) is 16.4. The highest BCUT2D eigenvalue weighted by Gasteiger charge is 2.18. The molecule has 1 aliphatic rings. The number of amides is 1. The van der Waals surface area contributed by atoms with Gasteiger partial charge in [-0.2, -0.15) is 0 Å². The summed E-state index contributed by atoms with van der Waals surface area (Å²) in [5.74, 6) is 0.583. The van der Waals surface area contributed by atoms with Crippen LogP contribution in [0.15, 0.2) is 18.5 Å². The van der Waals surface area contributed by atoms with Gasteiger partial charge in [-0.25, -0.2) is 0 Å². The lowest BCUT2D eigenvalue weighted by Crippen LogP contribution is -2.30. The van der Waals surface area contributed by atoms with E-state index in [0.717, 1.165) is 16.6 Å². The van der Waals surface area contributed by atoms with Crippen LogP contribution >= 0.6 is 11.3 Å². The van der Waals surface area contributed by atoms with E-state index in [0.29, 0.717) is 16.5 Å². The fraction of sp³-hybridized carbons (Fsp3) is 0.467. The number of hydrogen-bond acceptors (Lipinski definition) is 4. The van der Waals surface area contributed by atoms with Crippen LogP contribution in [-0.2, 0) is 0 Å². The first-order valence-electron chi connectivity index (χ1n) is 7.16. The van der Waals surface area contributed by atoms with Gasteiger partial charge in [0.25, 0.3) is 5.91 Å². The molecule has 106 valence electrons. The van der Waals surface area contributed by atoms with Gasteiger partial charge in [-0.15, -0.1) is 11.3 Å². The van der Waals surface area contributed by atoms with Gasteiger partial charge in [0, 0.05) is 24.3 Å². The summed E-state index contributed by atoms with van der Waals surface area (Å²) in [6.45, 7) is 0.769. The van der Waals surface area contributed by atoms with Crippen molar-refractivity contribution in [3.63, 3.8) is 0 Å². The van der Waals surface area contributed by atoms with Crippen LogP contribution in [0.3, 0.4) is 0 Å². The van der Waals surface area contributed by atoms with Crippen molar-refractivity contribution in [1.82, 2.24) is 10.3 Å². The van der Waals surface area contributed by atoms with Crippen LogP contribution in [0.1, 0.15) is 41.8 Å². The number of nitrogens with one attached hydrogen (secondary N) is 1. The number of anilines is 1. The summed E-state index contributed by atoms with van der Waals surface area (Å²) in [5.41, 5.74) is 6.65. The largest absolute Gasteiger partial charge is 0.397 e. The lowest BCUT2D eigenvalue weighted by molar-refractivity contribution is 0.0948. The predicted octanol–water partition coefficient (Wildman–Crippen LogP) is 3.19. The zero-order valence-corrected chi connectivity index (χ0v) is 12.2. The van der Waals surface area contributed by atoms with Crippen molar-refractivity contribution in [2.45, 2.75) is 32.1 Å². The Morgan fingerprint density at radius 1 is 1.40 bits per heavy atom. The Bertz CT molecular complexity index is 617. The number of aromatic nitrogens is 1. The Hall–Kier alpha value is -1.62. The molecule has 0 atom stereocenters. The van der Waals surface area contributed by atoms with Gasteiger partial charge in [0.15, 0.2) is 0 Å². The minimum Gasteiger partial charge on any atom is -0.397 e. The number of hydrogen-bond donors (Lipinski definition) is 2. The Balaban J connectivity index is 1.70. The molecule has 2 aromatic rings. The Labute approximate surface area is 122 Å². The molecular formula is C15H19N3OS. The zero-order chi connectivity index (χ0) is 13.9. The molecule has 1 aliphatic carbocycles. The van der Waals surface area contributed by atoms with Crippen LogP contribution < -0.4 is 11.1 Å². The van der Waals surface area contributed by atoms with Crippen molar-refractivity contribution in [3.8, 4) is 0 Å². The molecule has 0 spiro atoms. The van der Waals surface area contributed by atoms with Crippen molar-refractivity contribution >= 4 is 33.0 Å². The lowest BCUT2D eigenvalue weighted by Gasteiger charge is -2.21. The second-order valence-corrected chi connectivity index (χ2v) is 6.48. The monoisotopic (exact) mass is 289 g/mol. The summed E-state index contributed by atoms with van der Waals surface area (Å²) in [4.78, 5) is 17.0. The Morgan fingerprint density at radius 3 is 2.95 bits per heavy atom. The molecule has 0 aromatic carbocycles. The van der Waals surface area contributed by atoms with E-state index >= 15 is 0 Å². The maximum Gasteiger partial charge on any atom is 0.263 e. The van der Waals surface area contributed by atoms with Crippen molar-refractivity contribution in [3.05, 3.63) is 23.3 Å². The highest BCUT2D eigenvalue weighted by Crippen LogP contribution is 2.32. The molecule has 3 N–H and O–H groups in total. The molecule has 20 heavy (non-hydrogen) atoms. The van der Waals surface area contributed by atoms with Gasteiger partial charge in [0.1, 0.15) is 4.88 Å². The van der Waals surface area contributed by atoms with Gasteiger partial charge in [0.2, 0.25) is 0 Å². The number of carbonyl (C=O) groups excluding carboxylic acids is 1. The van der Waals surface area contributed by atoms with Crippen LogP contribution in [0.2, 0.25) is 0 Å². The van der Waals surface area contributed by atoms with Crippen LogP contribution in [0.25, 0.3) is 10.1 Å². The highest BCUT2D eigenvalue weighted by atomic mass is 32.1. The summed E-state index contributed by atoms with van der Waals surface area (Å²) in [6, 6.07) is 1.86. The quantitative estimate of drug-likeness (QED) is 0.911. The minimum absolute atomic E-state index is 0.0470. The van der Waals surface area contributed by atoms with Gasteiger partial charge < -0.3 is 11.1 Å². The fourth-order valence-corrected chi connectivity index (χ4v) is 3.85. The molecule has 1 amide bonds. The molecular weight excluding hydrogens is 270 g/mol. The third-order valence-electron chi connectivity index (χ3n) is 4.01. The standard InChI is InChI=1S/C15H19N3OS/c16-13-11-6-7-17-9-12(11)20-14(13)15(19)18-8-10-4-2-1-3-5-10/h6-7,9-10H,1-5,8,16H2,(H,18,19). The number of nitrogens with two attached hydrogens (primary N) is 1. The summed E-state index contributed by atoms with van der Waals surface area (Å²) in [7, 11) is 0. The van der Waals surface area contributed by atoms with Gasteiger partial charge in [0.05, 0.1) is 10.4 Å². The summed E-state index contributed by atoms with van der Waals surface area (Å²) in [5, 5.41) is 3.97. The highest BCUT2D eigenvalue weighted by molar-refractivity contribution is 7.21. The average Bonchev–Trinajstić information content (AvgIpc) is 2.84. The van der Waals surface area contributed by atoms with Crippen molar-refractivity contribution in [2.24, 2.45) is 5.92 Å². The lowest BCUT2D eigenvalue weighted by atomic mass is 9.89. The Kier molecular flexibility index (Phi) is 3.87. The van der Waals surface area contributed by atoms with Crippen LogP contribution in [0, 0.1) is 5.92 Å². The van der Waals surface area contributed by atoms with E-state index in [9.17, 15) is 4.79 Å². The van der Waals surface area contributed by atoms with Gasteiger partial charge in [-0.3, -0.25) is 9.78 Å². The van der Waals surface area contributed by atoms with Crippen molar-refractivity contribution < 1.29 is 4.79 Å². The SMILES string of the molecule is Nc1c(C(=O)NCC2CCCCC2)sc2cnccc12. The molecule has 1 saturated carbocycles. The second kappa shape index (κ2) is 5.79. The van der Waals surface area contributed by atoms with Crippen molar-refractivity contribution in [2.75, 3.05) is 12.3 Å². The number of pyridine rings is 1. The number of nitrogen functional groups attached to an aromatic ring is 1. The third-order valence-corrected chi connectivity index (χ3v) is 5.17. The molecule has 2 heterocycles. The average molecular weight is 289 g/mol. The second-order valence-electron chi connectivity index (χ2n) is 5.43. The number of fused-ring (bicyclic) bond motifs is 1. The van der Waals surface area contributed by atoms with Crippen molar-refractivity contribution in [1.29, 1.82) is 0 Å². The maximum atomic E-state index is 12.3. The molecule has 0 saturated heterocycles. The molecule has 3 rings (SSSR count). The summed E-state index contributed by atoms with van der Waals surface area (Å²) >= 11 is 1.42. The van der Waals surface area contributed by atoms with E-state index in [2.05, 4.69) is 10.3 Å². The smallest absolute Gasteiger partial charge is 0.263 e. The van der Waals surface area contributed by atoms with Gasteiger partial charge in [-0.05, 0) is 24.8 Å². The third kappa shape index (κ3) is 2.63. The first-order valence-corrected chi connectivity index (χ1v) is 7.97. The topological polar surface area (TPSA) is 68.0 Å². The van der Waals surface area contributed by atoms with Crippen LogP contribution in [-0.4, -0.2) is 17.4 Å². The molecule has 1 fully saturated rings. The zero-order valence-electron chi connectivity index (χ0n) is 11.4. The van der Waals surface area contributed by atoms with E-state index in [4.69, 9.17) is 5.73 Å². The number of nitrogens with zero attached hydrogens (tertiary/aromatic N) is 1. The maximum absolute atomic E-state index is 12.3. The molecule has 0 aliphatic heterocycles. The number of carbonyl (C=O) groups is 1. The molecule has 4 nitrogen and oxygen atoms in total. The van der Waals surface area contributed by atoms with Gasteiger partial charge in [-0.1, -0.05) is 19.3 Å². The van der Waals surface area contributed by atoms with E-state index in [-0.39, 0.29) is 5.91 Å². The molecule has 0 bridgehead atoms. The number of thiophene rings is 1. The predicted molar refractivity (Wildman–Crippen MR) is 82.9 cm³/mol. The summed E-state index contributed by atoms with van der Waals surface area (Å²) in [6.07, 6.45) is 9.83.